The molecule has 0 radical (unpaired) electrons. The van der Waals surface area contributed by atoms with Crippen LogP contribution in [0.4, 0.5) is 0 Å². The third kappa shape index (κ3) is 7.45. The number of benzene rings is 1. The molecule has 0 aromatic heterocycles. The molecule has 0 fully saturated rings. The molecule has 1 aromatic carbocycles. The minimum absolute atomic E-state index is 0.0934. The molecule has 1 aromatic rings. The number of carboxylic acids is 1. The highest BCUT2D eigenvalue weighted by Crippen LogP contribution is 2.10. The van der Waals surface area contributed by atoms with Gasteiger partial charge in [0.05, 0.1) is 6.54 Å². The van der Waals surface area contributed by atoms with Crippen molar-refractivity contribution in [3.8, 4) is 0 Å². The van der Waals surface area contributed by atoms with Crippen molar-refractivity contribution < 1.29 is 19.5 Å². The molecule has 21 heavy (non-hydrogen) atoms. The first kappa shape index (κ1) is 17.2. The Bertz CT molecular complexity index is 502. The maximum absolute atomic E-state index is 11.7. The predicted molar refractivity (Wildman–Crippen MR) is 81.0 cm³/mol. The van der Waals surface area contributed by atoms with E-state index < -0.39 is 5.97 Å². The average Bonchev–Trinajstić information content (AvgIpc) is 2.44. The Morgan fingerprint density at radius 3 is 2.33 bits per heavy atom. The van der Waals surface area contributed by atoms with Crippen LogP contribution in [0.2, 0.25) is 0 Å². The molecule has 2 amide bonds. The number of carbonyl (C=O) groups is 3. The highest BCUT2D eigenvalue weighted by molar-refractivity contribution is 9.10. The largest absolute Gasteiger partial charge is 0.481 e. The molecule has 0 unspecified atom stereocenters. The molecule has 0 aliphatic heterocycles. The highest BCUT2D eigenvalue weighted by atomic mass is 79.9. The van der Waals surface area contributed by atoms with Gasteiger partial charge in [-0.05, 0) is 37.1 Å². The Balaban J connectivity index is 2.19. The number of unbranched alkanes of at least 4 members (excludes halogenated alkanes) is 1. The Kier molecular flexibility index (Phi) is 7.45. The summed E-state index contributed by atoms with van der Waals surface area (Å²) >= 11 is 3.27. The van der Waals surface area contributed by atoms with Crippen molar-refractivity contribution in [2.75, 3.05) is 13.1 Å². The summed E-state index contributed by atoms with van der Waals surface area (Å²) in [6.45, 7) is 0.300. The van der Waals surface area contributed by atoms with Crippen LogP contribution in [0.3, 0.4) is 0 Å². The summed E-state index contributed by atoms with van der Waals surface area (Å²) in [7, 11) is 0. The first-order valence-electron chi connectivity index (χ1n) is 6.51. The molecule has 3 N–H and O–H groups in total. The minimum Gasteiger partial charge on any atom is -0.481 e. The van der Waals surface area contributed by atoms with Gasteiger partial charge < -0.3 is 15.7 Å². The van der Waals surface area contributed by atoms with Crippen molar-refractivity contribution in [3.63, 3.8) is 0 Å². The number of rotatable bonds is 8. The third-order valence-corrected chi connectivity index (χ3v) is 3.18. The number of hydrogen-bond donors (Lipinski definition) is 3. The quantitative estimate of drug-likeness (QED) is 0.615. The van der Waals surface area contributed by atoms with Gasteiger partial charge in [0.25, 0.3) is 5.91 Å². The second-order valence-electron chi connectivity index (χ2n) is 4.39. The van der Waals surface area contributed by atoms with Gasteiger partial charge in [0.2, 0.25) is 5.91 Å². The van der Waals surface area contributed by atoms with Gasteiger partial charge in [0, 0.05) is 23.0 Å². The van der Waals surface area contributed by atoms with Gasteiger partial charge in [0.1, 0.15) is 0 Å². The van der Waals surface area contributed by atoms with Crippen molar-refractivity contribution >= 4 is 33.7 Å². The number of nitrogens with one attached hydrogen (secondary N) is 2. The van der Waals surface area contributed by atoms with Crippen LogP contribution in [-0.4, -0.2) is 36.0 Å². The topological polar surface area (TPSA) is 95.5 Å². The first-order chi connectivity index (χ1) is 9.99. The standard InChI is InChI=1S/C14H17BrN2O4/c15-11-6-4-10(5-7-11)14(21)17-9-12(18)16-8-2-1-3-13(19)20/h4-7H,1-3,8-9H2,(H,16,18)(H,17,21)(H,19,20). The average molecular weight is 357 g/mol. The predicted octanol–water partition coefficient (Wildman–Crippen LogP) is 1.55. The molecule has 0 aliphatic carbocycles. The summed E-state index contributed by atoms with van der Waals surface area (Å²) in [4.78, 5) is 33.5. The van der Waals surface area contributed by atoms with E-state index in [1.54, 1.807) is 24.3 Å². The smallest absolute Gasteiger partial charge is 0.303 e. The lowest BCUT2D eigenvalue weighted by molar-refractivity contribution is -0.137. The zero-order valence-corrected chi connectivity index (χ0v) is 13.0. The van der Waals surface area contributed by atoms with E-state index in [0.29, 0.717) is 24.9 Å². The number of halogens is 1. The minimum atomic E-state index is -0.844. The lowest BCUT2D eigenvalue weighted by Gasteiger charge is -2.06. The molecule has 7 heteroatoms. The van der Waals surface area contributed by atoms with Crippen molar-refractivity contribution in [2.24, 2.45) is 0 Å². The van der Waals surface area contributed by atoms with Crippen LogP contribution < -0.4 is 10.6 Å². The Morgan fingerprint density at radius 1 is 1.05 bits per heavy atom. The fraction of sp³-hybridized carbons (Fsp3) is 0.357. The molecule has 0 bridgehead atoms. The zero-order valence-electron chi connectivity index (χ0n) is 11.4. The number of amides is 2. The molecule has 114 valence electrons. The SMILES string of the molecule is O=C(O)CCCCNC(=O)CNC(=O)c1ccc(Br)cc1. The molecule has 0 saturated carbocycles. The van der Waals surface area contributed by atoms with Crippen LogP contribution >= 0.6 is 15.9 Å². The summed E-state index contributed by atoms with van der Waals surface area (Å²) in [5, 5.41) is 13.6. The summed E-state index contributed by atoms with van der Waals surface area (Å²) in [6, 6.07) is 6.81. The van der Waals surface area contributed by atoms with Gasteiger partial charge in [0.15, 0.2) is 0 Å². The van der Waals surface area contributed by atoms with E-state index in [1.807, 2.05) is 0 Å². The summed E-state index contributed by atoms with van der Waals surface area (Å²) < 4.78 is 0.873. The van der Waals surface area contributed by atoms with Crippen molar-refractivity contribution in [2.45, 2.75) is 19.3 Å². The van der Waals surface area contributed by atoms with E-state index >= 15 is 0 Å². The van der Waals surface area contributed by atoms with Crippen molar-refractivity contribution in [1.29, 1.82) is 0 Å². The molecule has 0 atom stereocenters. The number of aliphatic carboxylic acids is 1. The monoisotopic (exact) mass is 356 g/mol. The maximum Gasteiger partial charge on any atom is 0.303 e. The Labute approximate surface area is 131 Å². The van der Waals surface area contributed by atoms with E-state index in [2.05, 4.69) is 26.6 Å². The first-order valence-corrected chi connectivity index (χ1v) is 7.30. The lowest BCUT2D eigenvalue weighted by atomic mass is 10.2. The van der Waals surface area contributed by atoms with Crippen LogP contribution in [0.25, 0.3) is 0 Å². The summed E-state index contributed by atoms with van der Waals surface area (Å²) in [5.74, 6) is -1.46. The van der Waals surface area contributed by atoms with Gasteiger partial charge in [-0.15, -0.1) is 0 Å². The molecule has 6 nitrogen and oxygen atoms in total. The molecule has 0 spiro atoms. The van der Waals surface area contributed by atoms with E-state index in [1.165, 1.54) is 0 Å². The number of carboxylic acid groups (broad SMARTS) is 1. The normalized spacial score (nSPS) is 9.95. The molecular weight excluding hydrogens is 340 g/mol. The second kappa shape index (κ2) is 9.12. The summed E-state index contributed by atoms with van der Waals surface area (Å²) in [6.07, 6.45) is 1.20. The van der Waals surface area contributed by atoms with Crippen LogP contribution in [0.15, 0.2) is 28.7 Å². The summed E-state index contributed by atoms with van der Waals surface area (Å²) in [5.41, 5.74) is 0.479. The van der Waals surface area contributed by atoms with Gasteiger partial charge >= 0.3 is 5.97 Å². The maximum atomic E-state index is 11.7. The Hall–Kier alpha value is -1.89. The molecule has 1 rings (SSSR count). The van der Waals surface area contributed by atoms with E-state index in [4.69, 9.17) is 5.11 Å². The van der Waals surface area contributed by atoms with Crippen LogP contribution in [0.5, 0.6) is 0 Å². The van der Waals surface area contributed by atoms with Crippen LogP contribution in [-0.2, 0) is 9.59 Å². The lowest BCUT2D eigenvalue weighted by Crippen LogP contribution is -2.37. The molecule has 0 saturated heterocycles. The van der Waals surface area contributed by atoms with Gasteiger partial charge in [-0.3, -0.25) is 14.4 Å². The van der Waals surface area contributed by atoms with E-state index in [-0.39, 0.29) is 24.8 Å². The Morgan fingerprint density at radius 2 is 1.71 bits per heavy atom. The van der Waals surface area contributed by atoms with Gasteiger partial charge in [-0.1, -0.05) is 15.9 Å². The van der Waals surface area contributed by atoms with Crippen LogP contribution in [0.1, 0.15) is 29.6 Å². The molecular formula is C14H17BrN2O4. The van der Waals surface area contributed by atoms with Crippen molar-refractivity contribution in [3.05, 3.63) is 34.3 Å². The van der Waals surface area contributed by atoms with Gasteiger partial charge in [-0.2, -0.15) is 0 Å². The third-order valence-electron chi connectivity index (χ3n) is 2.66. The fourth-order valence-electron chi connectivity index (χ4n) is 1.56. The fourth-order valence-corrected chi connectivity index (χ4v) is 1.82. The van der Waals surface area contributed by atoms with Crippen molar-refractivity contribution in [1.82, 2.24) is 10.6 Å². The number of carbonyl (C=O) groups excluding carboxylic acids is 2. The molecule has 0 aliphatic rings. The zero-order chi connectivity index (χ0) is 15.7. The van der Waals surface area contributed by atoms with E-state index in [0.717, 1.165) is 4.47 Å². The molecule has 0 heterocycles. The highest BCUT2D eigenvalue weighted by Gasteiger charge is 2.07. The number of hydrogen-bond acceptors (Lipinski definition) is 3. The van der Waals surface area contributed by atoms with Crippen LogP contribution in [0, 0.1) is 0 Å². The van der Waals surface area contributed by atoms with Gasteiger partial charge in [-0.25, -0.2) is 0 Å². The van der Waals surface area contributed by atoms with E-state index in [9.17, 15) is 14.4 Å². The second-order valence-corrected chi connectivity index (χ2v) is 5.31.